The van der Waals surface area contributed by atoms with Crippen LogP contribution >= 0.6 is 40.7 Å². The Kier molecular flexibility index (Phi) is 25.9. The number of hydrogen-bond donors (Lipinski definition) is 5. The maximum atomic E-state index is 14.3. The van der Waals surface area contributed by atoms with E-state index in [1.807, 2.05) is 142 Å². The average Bonchev–Trinajstić information content (AvgIpc) is 0.841. The van der Waals surface area contributed by atoms with Crippen LogP contribution in [0.3, 0.4) is 0 Å². The summed E-state index contributed by atoms with van der Waals surface area (Å²) in [6.07, 6.45) is 8.37. The molecule has 6 N–H and O–H groups in total. The number of amides is 7. The molecule has 0 radical (unpaired) electrons. The van der Waals surface area contributed by atoms with Crippen LogP contribution in [0, 0.1) is 0 Å². The van der Waals surface area contributed by atoms with Crippen LogP contribution in [0.5, 0.6) is 0 Å². The number of anilines is 4. The Labute approximate surface area is 614 Å². The number of nitrogens with one attached hydrogen (secondary N) is 3. The molecule has 3 unspecified atom stereocenters. The maximum absolute atomic E-state index is 14.3. The molecule has 2 fully saturated rings. The number of carbonyl (C=O) groups excluding carboxylic acids is 7. The molecule has 4 aliphatic rings. The van der Waals surface area contributed by atoms with Crippen molar-refractivity contribution in [2.75, 3.05) is 38.9 Å². The van der Waals surface area contributed by atoms with Gasteiger partial charge in [-0.25, -0.2) is 14.4 Å². The minimum absolute atomic E-state index is 0.0386. The molecule has 26 heteroatoms. The number of alkyl carbamates (subject to hydrolysis) is 2. The van der Waals surface area contributed by atoms with E-state index in [2.05, 4.69) is 52.8 Å². The van der Waals surface area contributed by atoms with Gasteiger partial charge in [-0.05, 0) is 180 Å². The second kappa shape index (κ2) is 33.9. The SMILES string of the molecule is CC(C)n1cc(C[C@@H](NC(=O)OC(C)(C)C)C(=O)NC2Cc3cccc(N4CCCC4=O)c3N(Cc3ccsc3)C2=O)c2ccccc21.CC(C)n1cc(C[C@@H](NC(=O)OC(C)(C)C)C(=O)O)c2ccccc21.C[S](Cl)=[W].NC1Cc2cccc(N3CCCC3=O)c2N(Cc2ccsc2)C1=O. The molecule has 12 rings (SSSR count). The summed E-state index contributed by atoms with van der Waals surface area (Å²) in [7, 11) is 5.53. The number of benzene rings is 4. The third-order valence-electron chi connectivity index (χ3n) is 17.2. The molecule has 7 amide bonds. The molecule has 4 aromatic heterocycles. The molecule has 4 aliphatic heterocycles. The molecule has 0 spiro atoms. The zero-order chi connectivity index (χ0) is 73.2. The van der Waals surface area contributed by atoms with Crippen molar-refractivity contribution in [1.82, 2.24) is 25.1 Å². The van der Waals surface area contributed by atoms with Gasteiger partial charge in [0, 0.05) is 91.5 Å². The molecule has 0 bridgehead atoms. The zero-order valence-electron chi connectivity index (χ0n) is 59.0. The van der Waals surface area contributed by atoms with Crippen LogP contribution in [-0.4, -0.2) is 117 Å². The number of aromatic nitrogens is 2. The standard InChI is InChI=1S/C37H43N5O5S.C19H26N2O4.C18H19N3O2S.CH3ClS.W/c1-23(2)41-21-26(27-11-6-7-12-30(27)41)19-28(39-36(46)47-37(3,4)5)34(44)38-29-18-25-10-8-13-31(40-16-9-14-32(40)43)33(25)42(35(29)45)20-24-15-17-48-22-24;1-12(2)21-11-13(14-8-6-7-9-16(14)21)10-15(17(22)23)20-18(24)25-19(3,4)5;19-14-9-13-3-1-4-15(20-7-2-5-16(20)22)17(13)21(18(14)23)10-12-6-8-24-11-12;1-3-2;/h6-8,10-13,15,17,21-23,28-29H,9,14,16,18-20H2,1-5H3,(H,38,44)(H,39,46);6-9,11-12,15H,10H2,1-5H3,(H,20,24)(H,22,23);1,3-4,6,8,11,14H,2,5,7,9-10,19H2;1H3;/t28-,29?;15-;;;/m11.../s1. The number of thiophene rings is 2. The molecule has 5 atom stereocenters. The van der Waals surface area contributed by atoms with E-state index < -0.39 is 59.4 Å². The van der Waals surface area contributed by atoms with E-state index in [0.29, 0.717) is 51.1 Å². The summed E-state index contributed by atoms with van der Waals surface area (Å²) in [4.78, 5) is 110. The van der Waals surface area contributed by atoms with E-state index in [9.17, 15) is 43.5 Å². The maximum Gasteiger partial charge on any atom is 0.244 e. The second-order valence-corrected chi connectivity index (χ2v) is 39.2. The second-order valence-electron chi connectivity index (χ2n) is 27.9. The third kappa shape index (κ3) is 19.8. The van der Waals surface area contributed by atoms with Crippen molar-refractivity contribution < 1.29 is 70.9 Å². The number of fused-ring (bicyclic) bond motifs is 4. The molecule has 101 heavy (non-hydrogen) atoms. The van der Waals surface area contributed by atoms with Crippen LogP contribution in [0.2, 0.25) is 0 Å². The Balaban J connectivity index is 0.000000188. The zero-order valence-corrected chi connectivity index (χ0v) is 65.1. The summed E-state index contributed by atoms with van der Waals surface area (Å²) in [6.45, 7) is 20.9. The van der Waals surface area contributed by atoms with Crippen molar-refractivity contribution in [2.24, 2.45) is 5.73 Å². The van der Waals surface area contributed by atoms with Gasteiger partial charge in [-0.15, -0.1) is 0 Å². The Morgan fingerprint density at radius 3 is 1.47 bits per heavy atom. The molecule has 0 aliphatic carbocycles. The third-order valence-corrected chi connectivity index (χ3v) is 18.7. The van der Waals surface area contributed by atoms with Crippen LogP contribution in [0.4, 0.5) is 32.3 Å². The van der Waals surface area contributed by atoms with Gasteiger partial charge in [0.2, 0.25) is 29.5 Å². The summed E-state index contributed by atoms with van der Waals surface area (Å²) >= 11 is 4.62. The fourth-order valence-electron chi connectivity index (χ4n) is 12.9. The molecule has 8 aromatic rings. The molecule has 21 nitrogen and oxygen atoms in total. The molecule has 538 valence electrons. The van der Waals surface area contributed by atoms with Crippen molar-refractivity contribution >= 4 is 133 Å². The number of halogens is 1. The van der Waals surface area contributed by atoms with Crippen LogP contribution in [-0.2, 0) is 95.0 Å². The number of carboxylic acids is 1. The summed E-state index contributed by atoms with van der Waals surface area (Å²) < 4.78 is 15.0. The minimum Gasteiger partial charge on any atom is -0.320 e. The Bertz CT molecular complexity index is 4330. The molecule has 0 saturated carbocycles. The summed E-state index contributed by atoms with van der Waals surface area (Å²) in [5, 5.41) is 27.7. The van der Waals surface area contributed by atoms with Gasteiger partial charge in [0.05, 0.1) is 41.9 Å². The monoisotopic (exact) mass is 1620 g/mol. The quantitative estimate of drug-likeness (QED) is 0.0570. The van der Waals surface area contributed by atoms with E-state index in [0.717, 1.165) is 85.1 Å². The molecule has 2 saturated heterocycles. The van der Waals surface area contributed by atoms with E-state index >= 15 is 0 Å². The molecule has 8 heterocycles. The van der Waals surface area contributed by atoms with Gasteiger partial charge in [0.1, 0.15) is 29.3 Å². The Morgan fingerprint density at radius 2 is 1.06 bits per heavy atom. The number of ether oxygens (including phenoxy) is 2. The van der Waals surface area contributed by atoms with Crippen LogP contribution in [0.1, 0.15) is 140 Å². The molecular formula is C75H91ClN10O11S3W. The van der Waals surface area contributed by atoms with Gasteiger partial charge < -0.3 is 65.0 Å². The minimum atomic E-state index is -1.09. The largest absolute Gasteiger partial charge is 0.320 e. The number of aliphatic carboxylic acids is 1. The van der Waals surface area contributed by atoms with Crippen LogP contribution < -0.4 is 41.3 Å². The van der Waals surface area contributed by atoms with E-state index in [-0.39, 0.29) is 62.3 Å². The summed E-state index contributed by atoms with van der Waals surface area (Å²) in [6, 6.07) is 28.4. The van der Waals surface area contributed by atoms with Gasteiger partial charge in [-0.3, -0.25) is 24.0 Å². The number of para-hydroxylation sites is 4. The van der Waals surface area contributed by atoms with Gasteiger partial charge in [-0.1, -0.05) is 60.7 Å². The fourth-order valence-corrected chi connectivity index (χ4v) is 14.2. The number of rotatable bonds is 17. The first kappa shape index (κ1) is 77.2. The number of hydrogen-bond acceptors (Lipinski definition) is 13. The van der Waals surface area contributed by atoms with Crippen molar-refractivity contribution in [1.29, 1.82) is 0 Å². The first-order chi connectivity index (χ1) is 47.9. The van der Waals surface area contributed by atoms with E-state index in [1.54, 1.807) is 78.9 Å². The van der Waals surface area contributed by atoms with E-state index in [1.165, 1.54) is 18.0 Å². The first-order valence-corrected chi connectivity index (χ1v) is 41.7. The smallest absolute Gasteiger partial charge is 0.244 e. The van der Waals surface area contributed by atoms with Gasteiger partial charge in [0.15, 0.2) is 0 Å². The normalized spacial score (nSPS) is 16.9. The predicted octanol–water partition coefficient (Wildman–Crippen LogP) is 13.7. The summed E-state index contributed by atoms with van der Waals surface area (Å²) in [5.74, 6) is -1.75. The van der Waals surface area contributed by atoms with Crippen molar-refractivity contribution in [3.63, 3.8) is 0 Å². The van der Waals surface area contributed by atoms with Crippen LogP contribution in [0.25, 0.3) is 21.8 Å². The van der Waals surface area contributed by atoms with Crippen molar-refractivity contribution in [2.45, 2.75) is 181 Å². The molecule has 4 aromatic carbocycles. The predicted molar refractivity (Wildman–Crippen MR) is 400 cm³/mol. The topological polar surface area (TPSA) is 260 Å². The van der Waals surface area contributed by atoms with E-state index in [4.69, 9.17) is 25.9 Å². The average molecular weight is 1620 g/mol. The fraction of sp³-hybridized carbons (Fsp3) is 0.413. The first-order valence-electron chi connectivity index (χ1n) is 33.8. The Morgan fingerprint density at radius 1 is 0.634 bits per heavy atom. The van der Waals surface area contributed by atoms with Crippen LogP contribution in [0.15, 0.2) is 131 Å². The Hall–Kier alpha value is -7.99. The summed E-state index contributed by atoms with van der Waals surface area (Å²) in [5.41, 5.74) is 15.6. The number of nitrogens with two attached hydrogens (primary N) is 1. The number of carbonyl (C=O) groups is 8. The van der Waals surface area contributed by atoms with Gasteiger partial charge in [0.25, 0.3) is 0 Å². The van der Waals surface area contributed by atoms with Gasteiger partial charge in [-0.2, -0.15) is 22.7 Å². The van der Waals surface area contributed by atoms with Crippen molar-refractivity contribution in [3.05, 3.63) is 164 Å². The molecular weight excluding hydrogens is 1530 g/mol. The van der Waals surface area contributed by atoms with Crippen molar-refractivity contribution in [3.8, 4) is 0 Å². The number of nitrogens with zero attached hydrogens (tertiary/aromatic N) is 6. The number of carboxylic acid groups (broad SMARTS) is 1. The van der Waals surface area contributed by atoms with Gasteiger partial charge >= 0.3 is 60.4 Å².